The normalized spacial score (nSPS) is 21.1. The van der Waals surface area contributed by atoms with Crippen molar-refractivity contribution >= 4 is 0 Å². The van der Waals surface area contributed by atoms with E-state index in [0.717, 1.165) is 24.0 Å². The van der Waals surface area contributed by atoms with Crippen LogP contribution in [0.25, 0.3) is 0 Å². The van der Waals surface area contributed by atoms with Gasteiger partial charge in [-0.25, -0.2) is 4.39 Å². The highest BCUT2D eigenvalue weighted by molar-refractivity contribution is 5.40. The fourth-order valence-electron chi connectivity index (χ4n) is 2.84. The third kappa shape index (κ3) is 2.29. The van der Waals surface area contributed by atoms with Gasteiger partial charge in [-0.15, -0.1) is 0 Å². The second-order valence-electron chi connectivity index (χ2n) is 5.18. The van der Waals surface area contributed by atoms with Crippen LogP contribution in [0, 0.1) is 5.82 Å². The van der Waals surface area contributed by atoms with E-state index < -0.39 is 0 Å². The van der Waals surface area contributed by atoms with Crippen molar-refractivity contribution < 1.29 is 9.13 Å². The highest BCUT2D eigenvalue weighted by Crippen LogP contribution is 2.40. The summed E-state index contributed by atoms with van der Waals surface area (Å²) >= 11 is 0. The van der Waals surface area contributed by atoms with Gasteiger partial charge in [-0.05, 0) is 23.6 Å². The van der Waals surface area contributed by atoms with Gasteiger partial charge < -0.3 is 10.5 Å². The third-order valence-electron chi connectivity index (χ3n) is 3.90. The van der Waals surface area contributed by atoms with Gasteiger partial charge in [-0.3, -0.25) is 0 Å². The lowest BCUT2D eigenvalue weighted by atomic mass is 9.91. The van der Waals surface area contributed by atoms with Crippen molar-refractivity contribution in [2.24, 2.45) is 5.73 Å². The lowest BCUT2D eigenvalue weighted by Gasteiger charge is -2.31. The summed E-state index contributed by atoms with van der Waals surface area (Å²) in [6.45, 7) is 2.12. The van der Waals surface area contributed by atoms with E-state index in [-0.39, 0.29) is 18.0 Å². The Kier molecular flexibility index (Phi) is 3.45. The number of ether oxygens (including phenoxy) is 1. The fourth-order valence-corrected chi connectivity index (χ4v) is 2.84. The lowest BCUT2D eigenvalue weighted by molar-refractivity contribution is 0.160. The third-order valence-corrected chi connectivity index (χ3v) is 3.90. The van der Waals surface area contributed by atoms with Crippen molar-refractivity contribution in [3.63, 3.8) is 0 Å². The molecule has 0 bridgehead atoms. The highest BCUT2D eigenvalue weighted by atomic mass is 19.1. The number of fused-ring (bicyclic) bond motifs is 1. The standard InChI is InChI=1S/C17H18FNO/c1-2-11-5-3-4-6-13(11)17-10-15(19)14-8-7-12(18)9-16(14)20-17/h3-9,15,17H,2,10,19H2,1H3. The number of aryl methyl sites for hydroxylation is 1. The molecule has 3 rings (SSSR count). The van der Waals surface area contributed by atoms with Crippen LogP contribution in [0.5, 0.6) is 5.75 Å². The summed E-state index contributed by atoms with van der Waals surface area (Å²) < 4.78 is 19.4. The molecule has 2 aromatic carbocycles. The monoisotopic (exact) mass is 271 g/mol. The van der Waals surface area contributed by atoms with Gasteiger partial charge in [-0.2, -0.15) is 0 Å². The van der Waals surface area contributed by atoms with Crippen LogP contribution in [0.2, 0.25) is 0 Å². The summed E-state index contributed by atoms with van der Waals surface area (Å²) in [5, 5.41) is 0. The molecule has 0 aromatic heterocycles. The van der Waals surface area contributed by atoms with E-state index in [1.165, 1.54) is 17.7 Å². The zero-order valence-corrected chi connectivity index (χ0v) is 11.5. The summed E-state index contributed by atoms with van der Waals surface area (Å²) in [4.78, 5) is 0. The molecule has 3 heteroatoms. The largest absolute Gasteiger partial charge is 0.485 e. The Morgan fingerprint density at radius 3 is 2.80 bits per heavy atom. The number of hydrogen-bond donors (Lipinski definition) is 1. The van der Waals surface area contributed by atoms with Gasteiger partial charge in [0, 0.05) is 24.1 Å². The first-order valence-corrected chi connectivity index (χ1v) is 6.98. The number of rotatable bonds is 2. The molecular weight excluding hydrogens is 253 g/mol. The molecule has 2 N–H and O–H groups in total. The second kappa shape index (κ2) is 5.25. The van der Waals surface area contributed by atoms with Crippen LogP contribution in [0.15, 0.2) is 42.5 Å². The molecule has 0 radical (unpaired) electrons. The quantitative estimate of drug-likeness (QED) is 0.898. The minimum Gasteiger partial charge on any atom is -0.485 e. The molecule has 0 spiro atoms. The van der Waals surface area contributed by atoms with Gasteiger partial charge >= 0.3 is 0 Å². The Morgan fingerprint density at radius 1 is 1.20 bits per heavy atom. The molecule has 2 unspecified atom stereocenters. The summed E-state index contributed by atoms with van der Waals surface area (Å²) in [7, 11) is 0. The minimum atomic E-state index is -0.291. The molecule has 20 heavy (non-hydrogen) atoms. The van der Waals surface area contributed by atoms with Crippen molar-refractivity contribution in [3.8, 4) is 5.75 Å². The van der Waals surface area contributed by atoms with Gasteiger partial charge in [0.25, 0.3) is 0 Å². The molecule has 2 aromatic rings. The molecule has 1 aliphatic heterocycles. The minimum absolute atomic E-state index is 0.101. The molecule has 0 saturated carbocycles. The van der Waals surface area contributed by atoms with Crippen LogP contribution in [-0.4, -0.2) is 0 Å². The van der Waals surface area contributed by atoms with Crippen molar-refractivity contribution in [1.82, 2.24) is 0 Å². The lowest BCUT2D eigenvalue weighted by Crippen LogP contribution is -2.24. The maximum atomic E-state index is 13.4. The number of benzene rings is 2. The van der Waals surface area contributed by atoms with Crippen LogP contribution in [0.4, 0.5) is 4.39 Å². The summed E-state index contributed by atoms with van der Waals surface area (Å²) in [5.74, 6) is 0.278. The van der Waals surface area contributed by atoms with Gasteiger partial charge in [0.1, 0.15) is 17.7 Å². The molecule has 0 saturated heterocycles. The van der Waals surface area contributed by atoms with Crippen LogP contribution in [0.3, 0.4) is 0 Å². The molecular formula is C17H18FNO. The van der Waals surface area contributed by atoms with Crippen molar-refractivity contribution in [2.45, 2.75) is 31.9 Å². The molecule has 2 atom stereocenters. The smallest absolute Gasteiger partial charge is 0.127 e. The van der Waals surface area contributed by atoms with E-state index in [2.05, 4.69) is 19.1 Å². The number of halogens is 1. The van der Waals surface area contributed by atoms with E-state index in [1.807, 2.05) is 12.1 Å². The summed E-state index contributed by atoms with van der Waals surface area (Å²) in [5.41, 5.74) is 9.51. The molecule has 1 heterocycles. The first kappa shape index (κ1) is 13.1. The predicted octanol–water partition coefficient (Wildman–Crippen LogP) is 3.91. The number of nitrogens with two attached hydrogens (primary N) is 1. The van der Waals surface area contributed by atoms with E-state index >= 15 is 0 Å². The average molecular weight is 271 g/mol. The topological polar surface area (TPSA) is 35.2 Å². The van der Waals surface area contributed by atoms with Crippen molar-refractivity contribution in [3.05, 3.63) is 65.0 Å². The van der Waals surface area contributed by atoms with E-state index in [4.69, 9.17) is 10.5 Å². The molecule has 104 valence electrons. The Labute approximate surface area is 118 Å². The van der Waals surface area contributed by atoms with Gasteiger partial charge in [-0.1, -0.05) is 37.3 Å². The Hall–Kier alpha value is -1.87. The fraction of sp³-hybridized carbons (Fsp3) is 0.294. The van der Waals surface area contributed by atoms with Crippen molar-refractivity contribution in [1.29, 1.82) is 0 Å². The number of hydrogen-bond acceptors (Lipinski definition) is 2. The summed E-state index contributed by atoms with van der Waals surface area (Å²) in [6.07, 6.45) is 1.56. The van der Waals surface area contributed by atoms with Crippen LogP contribution in [-0.2, 0) is 6.42 Å². The van der Waals surface area contributed by atoms with Gasteiger partial charge in [0.05, 0.1) is 0 Å². The molecule has 0 amide bonds. The molecule has 0 aliphatic carbocycles. The first-order valence-electron chi connectivity index (χ1n) is 6.98. The maximum absolute atomic E-state index is 13.4. The van der Waals surface area contributed by atoms with Gasteiger partial charge in [0.2, 0.25) is 0 Å². The average Bonchev–Trinajstić information content (AvgIpc) is 2.46. The Balaban J connectivity index is 1.98. The highest BCUT2D eigenvalue weighted by Gasteiger charge is 2.28. The zero-order valence-electron chi connectivity index (χ0n) is 11.5. The van der Waals surface area contributed by atoms with E-state index in [1.54, 1.807) is 6.07 Å². The Morgan fingerprint density at radius 2 is 2.00 bits per heavy atom. The molecule has 0 fully saturated rings. The predicted molar refractivity (Wildman–Crippen MR) is 77.1 cm³/mol. The van der Waals surface area contributed by atoms with E-state index in [0.29, 0.717) is 5.75 Å². The second-order valence-corrected chi connectivity index (χ2v) is 5.18. The zero-order chi connectivity index (χ0) is 14.1. The molecule has 2 nitrogen and oxygen atoms in total. The SMILES string of the molecule is CCc1ccccc1C1CC(N)c2ccc(F)cc2O1. The maximum Gasteiger partial charge on any atom is 0.127 e. The van der Waals surface area contributed by atoms with Gasteiger partial charge in [0.15, 0.2) is 0 Å². The van der Waals surface area contributed by atoms with Crippen molar-refractivity contribution in [2.75, 3.05) is 0 Å². The first-order chi connectivity index (χ1) is 9.69. The van der Waals surface area contributed by atoms with Crippen LogP contribution >= 0.6 is 0 Å². The summed E-state index contributed by atoms with van der Waals surface area (Å²) in [6, 6.07) is 12.7. The van der Waals surface area contributed by atoms with Crippen LogP contribution in [0.1, 0.15) is 42.2 Å². The van der Waals surface area contributed by atoms with Crippen LogP contribution < -0.4 is 10.5 Å². The van der Waals surface area contributed by atoms with E-state index in [9.17, 15) is 4.39 Å². The Bertz CT molecular complexity index is 626. The molecule has 1 aliphatic rings.